The van der Waals surface area contributed by atoms with Crippen molar-refractivity contribution in [1.29, 1.82) is 0 Å². The van der Waals surface area contributed by atoms with E-state index in [1.54, 1.807) is 11.8 Å². The van der Waals surface area contributed by atoms with Crippen LogP contribution in [-0.2, 0) is 4.79 Å². The molecule has 0 aliphatic heterocycles. The van der Waals surface area contributed by atoms with Gasteiger partial charge in [-0.1, -0.05) is 0 Å². The van der Waals surface area contributed by atoms with Crippen molar-refractivity contribution in [3.63, 3.8) is 0 Å². The van der Waals surface area contributed by atoms with Gasteiger partial charge in [0.25, 0.3) is 0 Å². The Hall–Kier alpha value is -0.220. The Balaban J connectivity index is 2.30. The van der Waals surface area contributed by atoms with Gasteiger partial charge in [0.1, 0.15) is 5.54 Å². The smallest absolute Gasteiger partial charge is 0.323 e. The minimum atomic E-state index is -0.685. The first kappa shape index (κ1) is 9.86. The lowest BCUT2D eigenvalue weighted by molar-refractivity contribution is -0.148. The van der Waals surface area contributed by atoms with Crippen LogP contribution in [0, 0.1) is 0 Å². The molecule has 0 bridgehead atoms. The highest BCUT2D eigenvalue weighted by molar-refractivity contribution is 7.98. The number of carboxylic acids is 1. The van der Waals surface area contributed by atoms with Crippen LogP contribution in [0.3, 0.4) is 0 Å². The van der Waals surface area contributed by atoms with Crippen LogP contribution >= 0.6 is 11.8 Å². The molecule has 0 spiro atoms. The van der Waals surface area contributed by atoms with Crippen LogP contribution in [0.5, 0.6) is 0 Å². The van der Waals surface area contributed by atoms with Crippen LogP contribution in [0.2, 0.25) is 0 Å². The Labute approximate surface area is 76.9 Å². The monoisotopic (exact) mass is 189 g/mol. The Morgan fingerprint density at radius 2 is 2.33 bits per heavy atom. The highest BCUT2D eigenvalue weighted by atomic mass is 32.2. The Morgan fingerprint density at radius 3 is 2.67 bits per heavy atom. The molecule has 0 atom stereocenters. The topological polar surface area (TPSA) is 49.3 Å². The van der Waals surface area contributed by atoms with Gasteiger partial charge in [0.2, 0.25) is 0 Å². The third-order valence-electron chi connectivity index (χ3n) is 2.39. The molecule has 0 heterocycles. The molecule has 3 nitrogen and oxygen atoms in total. The molecule has 0 amide bonds. The quantitative estimate of drug-likeness (QED) is 0.632. The van der Waals surface area contributed by atoms with Crippen LogP contribution in [0.1, 0.15) is 19.3 Å². The van der Waals surface area contributed by atoms with Crippen LogP contribution < -0.4 is 5.32 Å². The van der Waals surface area contributed by atoms with Crippen LogP contribution in [0.4, 0.5) is 0 Å². The molecule has 0 aromatic rings. The average molecular weight is 189 g/mol. The van der Waals surface area contributed by atoms with Crippen molar-refractivity contribution in [3.05, 3.63) is 0 Å². The predicted octanol–water partition coefficient (Wildman–Crippen LogP) is 0.946. The number of hydrogen-bond acceptors (Lipinski definition) is 3. The highest BCUT2D eigenvalue weighted by Gasteiger charge is 2.43. The SMILES string of the molecule is CSCCNC1(C(=O)O)CCC1. The fourth-order valence-electron chi connectivity index (χ4n) is 1.39. The van der Waals surface area contributed by atoms with Gasteiger partial charge in [-0.05, 0) is 25.5 Å². The van der Waals surface area contributed by atoms with Crippen molar-refractivity contribution < 1.29 is 9.90 Å². The van der Waals surface area contributed by atoms with Crippen molar-refractivity contribution in [1.82, 2.24) is 5.32 Å². The molecular formula is C8H15NO2S. The number of nitrogens with one attached hydrogen (secondary N) is 1. The van der Waals surface area contributed by atoms with Gasteiger partial charge in [0, 0.05) is 12.3 Å². The average Bonchev–Trinajstić information content (AvgIpc) is 1.94. The minimum absolute atomic E-state index is 0.574. The van der Waals surface area contributed by atoms with Crippen molar-refractivity contribution in [2.24, 2.45) is 0 Å². The van der Waals surface area contributed by atoms with Crippen LogP contribution in [-0.4, -0.2) is 35.2 Å². The summed E-state index contributed by atoms with van der Waals surface area (Å²) < 4.78 is 0. The number of thioether (sulfide) groups is 1. The summed E-state index contributed by atoms with van der Waals surface area (Å²) in [4.78, 5) is 10.8. The van der Waals surface area contributed by atoms with Crippen molar-refractivity contribution in [2.45, 2.75) is 24.8 Å². The molecule has 1 rings (SSSR count). The number of hydrogen-bond donors (Lipinski definition) is 2. The van der Waals surface area contributed by atoms with Gasteiger partial charge in [-0.25, -0.2) is 0 Å². The zero-order valence-electron chi connectivity index (χ0n) is 7.30. The van der Waals surface area contributed by atoms with Gasteiger partial charge in [-0.3, -0.25) is 4.79 Å². The fourth-order valence-corrected chi connectivity index (χ4v) is 1.70. The molecule has 1 fully saturated rings. The second-order valence-corrected chi connectivity index (χ2v) is 4.15. The van der Waals surface area contributed by atoms with E-state index in [0.717, 1.165) is 31.6 Å². The van der Waals surface area contributed by atoms with E-state index in [0.29, 0.717) is 0 Å². The summed E-state index contributed by atoms with van der Waals surface area (Å²) in [6.07, 6.45) is 4.64. The van der Waals surface area contributed by atoms with E-state index in [4.69, 9.17) is 5.11 Å². The lowest BCUT2D eigenvalue weighted by atomic mass is 9.77. The molecule has 12 heavy (non-hydrogen) atoms. The first-order valence-electron chi connectivity index (χ1n) is 4.19. The highest BCUT2D eigenvalue weighted by Crippen LogP contribution is 2.31. The maximum atomic E-state index is 10.8. The van der Waals surface area contributed by atoms with E-state index < -0.39 is 11.5 Å². The molecule has 2 N–H and O–H groups in total. The van der Waals surface area contributed by atoms with Gasteiger partial charge in [-0.2, -0.15) is 11.8 Å². The molecule has 70 valence electrons. The second kappa shape index (κ2) is 4.14. The molecule has 4 heteroatoms. The van der Waals surface area contributed by atoms with Gasteiger partial charge in [-0.15, -0.1) is 0 Å². The number of carboxylic acid groups (broad SMARTS) is 1. The second-order valence-electron chi connectivity index (χ2n) is 3.16. The molecule has 1 aliphatic carbocycles. The van der Waals surface area contributed by atoms with Gasteiger partial charge >= 0.3 is 5.97 Å². The third-order valence-corrected chi connectivity index (χ3v) is 3.00. The molecule has 0 aromatic carbocycles. The Bertz CT molecular complexity index is 168. The molecule has 0 unspecified atom stereocenters. The van der Waals surface area contributed by atoms with E-state index in [1.807, 2.05) is 6.26 Å². The van der Waals surface area contributed by atoms with Gasteiger partial charge in [0.15, 0.2) is 0 Å². The molecule has 1 aliphatic rings. The molecule has 1 saturated carbocycles. The number of aliphatic carboxylic acids is 1. The fraction of sp³-hybridized carbons (Fsp3) is 0.875. The summed E-state index contributed by atoms with van der Waals surface area (Å²) >= 11 is 1.73. The van der Waals surface area contributed by atoms with E-state index >= 15 is 0 Å². The summed E-state index contributed by atoms with van der Waals surface area (Å²) in [5, 5.41) is 12.0. The molecule has 0 saturated heterocycles. The standard InChI is InChI=1S/C8H15NO2S/c1-12-6-5-9-8(7(10)11)3-2-4-8/h9H,2-6H2,1H3,(H,10,11). The molecular weight excluding hydrogens is 174 g/mol. The van der Waals surface area contributed by atoms with Gasteiger partial charge in [0.05, 0.1) is 0 Å². The minimum Gasteiger partial charge on any atom is -0.480 e. The summed E-state index contributed by atoms with van der Waals surface area (Å²) in [7, 11) is 0. The van der Waals surface area contributed by atoms with Crippen molar-refractivity contribution in [2.75, 3.05) is 18.6 Å². The molecule has 0 radical (unpaired) electrons. The number of rotatable bonds is 5. The lowest BCUT2D eigenvalue weighted by Crippen LogP contribution is -2.57. The Morgan fingerprint density at radius 1 is 1.67 bits per heavy atom. The summed E-state index contributed by atoms with van der Waals surface area (Å²) in [6.45, 7) is 0.799. The summed E-state index contributed by atoms with van der Waals surface area (Å²) in [5.74, 6) is 0.296. The predicted molar refractivity (Wildman–Crippen MR) is 50.6 cm³/mol. The third kappa shape index (κ3) is 1.93. The van der Waals surface area contributed by atoms with E-state index in [9.17, 15) is 4.79 Å². The largest absolute Gasteiger partial charge is 0.480 e. The molecule has 0 aromatic heterocycles. The number of carbonyl (C=O) groups is 1. The summed E-state index contributed by atoms with van der Waals surface area (Å²) in [6, 6.07) is 0. The zero-order valence-corrected chi connectivity index (χ0v) is 8.12. The van der Waals surface area contributed by atoms with E-state index in [2.05, 4.69) is 5.32 Å². The normalized spacial score (nSPS) is 20.1. The van der Waals surface area contributed by atoms with Gasteiger partial charge < -0.3 is 10.4 Å². The maximum Gasteiger partial charge on any atom is 0.323 e. The zero-order chi connectivity index (χ0) is 9.03. The Kier molecular flexibility index (Phi) is 3.40. The van der Waals surface area contributed by atoms with E-state index in [1.165, 1.54) is 0 Å². The van der Waals surface area contributed by atoms with Crippen molar-refractivity contribution in [3.8, 4) is 0 Å². The van der Waals surface area contributed by atoms with Crippen molar-refractivity contribution >= 4 is 17.7 Å². The summed E-state index contributed by atoms with van der Waals surface area (Å²) in [5.41, 5.74) is -0.574. The van der Waals surface area contributed by atoms with Crippen LogP contribution in [0.25, 0.3) is 0 Å². The first-order valence-corrected chi connectivity index (χ1v) is 5.58. The lowest BCUT2D eigenvalue weighted by Gasteiger charge is -2.38. The first-order chi connectivity index (χ1) is 5.71. The van der Waals surface area contributed by atoms with Crippen LogP contribution in [0.15, 0.2) is 0 Å². The maximum absolute atomic E-state index is 10.8. The van der Waals surface area contributed by atoms with E-state index in [-0.39, 0.29) is 0 Å².